The van der Waals surface area contributed by atoms with Crippen LogP contribution in [0.2, 0.25) is 0 Å². The molecule has 0 unspecified atom stereocenters. The first-order chi connectivity index (χ1) is 12.9. The van der Waals surface area contributed by atoms with Crippen molar-refractivity contribution < 1.29 is 12.6 Å². The van der Waals surface area contributed by atoms with Gasteiger partial charge in [-0.3, -0.25) is 0 Å². The molecule has 154 valence electrons. The van der Waals surface area contributed by atoms with Gasteiger partial charge in [-0.25, -0.2) is 0 Å². The van der Waals surface area contributed by atoms with Crippen LogP contribution < -0.4 is 4.18 Å². The summed E-state index contributed by atoms with van der Waals surface area (Å²) in [6.45, 7) is 16.6. The maximum atomic E-state index is 13.3. The van der Waals surface area contributed by atoms with Crippen LogP contribution in [0.4, 0.5) is 0 Å². The van der Waals surface area contributed by atoms with Crippen LogP contribution in [-0.4, -0.2) is 8.42 Å². The van der Waals surface area contributed by atoms with Gasteiger partial charge in [-0.05, 0) is 58.1 Å². The van der Waals surface area contributed by atoms with E-state index in [4.69, 9.17) is 4.18 Å². The fourth-order valence-electron chi connectivity index (χ4n) is 3.25. The van der Waals surface area contributed by atoms with Crippen LogP contribution >= 0.6 is 0 Å². The molecule has 0 bridgehead atoms. The molecule has 4 heteroatoms. The average molecular weight is 403 g/mol. The van der Waals surface area contributed by atoms with E-state index in [1.807, 2.05) is 52.0 Å². The Morgan fingerprint density at radius 2 is 1.07 bits per heavy atom. The van der Waals surface area contributed by atoms with E-state index in [0.29, 0.717) is 22.5 Å². The second-order valence-electron chi connectivity index (χ2n) is 8.75. The molecule has 0 aliphatic heterocycles. The third-order valence-corrected chi connectivity index (χ3v) is 6.47. The first kappa shape index (κ1) is 22.5. The van der Waals surface area contributed by atoms with E-state index in [2.05, 4.69) is 27.7 Å². The summed E-state index contributed by atoms with van der Waals surface area (Å²) in [5.41, 5.74) is 3.96. The van der Waals surface area contributed by atoms with Crippen molar-refractivity contribution in [2.24, 2.45) is 0 Å². The molecule has 0 N–H and O–H groups in total. The quantitative estimate of drug-likeness (QED) is 0.471. The van der Waals surface area contributed by atoms with Crippen LogP contribution in [0, 0.1) is 0 Å². The molecule has 2 aromatic carbocycles. The van der Waals surface area contributed by atoms with Gasteiger partial charge in [-0.15, -0.1) is 0 Å². The molecule has 3 nitrogen and oxygen atoms in total. The van der Waals surface area contributed by atoms with E-state index in [1.54, 1.807) is 12.1 Å². The Morgan fingerprint density at radius 1 is 0.643 bits per heavy atom. The van der Waals surface area contributed by atoms with Crippen molar-refractivity contribution in [1.29, 1.82) is 0 Å². The van der Waals surface area contributed by atoms with E-state index in [1.165, 1.54) is 0 Å². The van der Waals surface area contributed by atoms with E-state index in [-0.39, 0.29) is 11.8 Å². The van der Waals surface area contributed by atoms with Gasteiger partial charge in [0.05, 0.1) is 0 Å². The molecule has 0 amide bonds. The Balaban J connectivity index is 2.59. The predicted octanol–water partition coefficient (Wildman–Crippen LogP) is 6.95. The second kappa shape index (κ2) is 8.69. The lowest BCUT2D eigenvalue weighted by molar-refractivity contribution is 0.482. The van der Waals surface area contributed by atoms with E-state index in [9.17, 15) is 8.42 Å². The SMILES string of the molecule is CC(C)c1ccc(OS(=O)(=O)c2c(C(C)C)cc(C(C)C)cc2C(C)C)cc1. The minimum atomic E-state index is -3.94. The number of benzene rings is 2. The van der Waals surface area contributed by atoms with Crippen LogP contribution in [0.3, 0.4) is 0 Å². The van der Waals surface area contributed by atoms with Crippen molar-refractivity contribution in [2.75, 3.05) is 0 Å². The molecule has 0 fully saturated rings. The third-order valence-electron chi connectivity index (χ3n) is 5.08. The highest BCUT2D eigenvalue weighted by molar-refractivity contribution is 7.87. The summed E-state index contributed by atoms with van der Waals surface area (Å²) in [7, 11) is -3.94. The zero-order chi connectivity index (χ0) is 21.2. The molecule has 0 saturated heterocycles. The Labute approximate surface area is 171 Å². The second-order valence-corrected chi connectivity index (χ2v) is 10.2. The van der Waals surface area contributed by atoms with Gasteiger partial charge in [0.2, 0.25) is 0 Å². The summed E-state index contributed by atoms with van der Waals surface area (Å²) in [5.74, 6) is 1.22. The van der Waals surface area contributed by atoms with Crippen molar-refractivity contribution in [1.82, 2.24) is 0 Å². The fraction of sp³-hybridized carbons (Fsp3) is 0.500. The summed E-state index contributed by atoms with van der Waals surface area (Å²) < 4.78 is 32.2. The van der Waals surface area contributed by atoms with Crippen molar-refractivity contribution in [2.45, 2.75) is 84.0 Å². The molecule has 0 aliphatic rings. The van der Waals surface area contributed by atoms with Gasteiger partial charge in [-0.1, -0.05) is 79.7 Å². The molecule has 0 saturated carbocycles. The first-order valence-corrected chi connectivity index (χ1v) is 11.6. The molecule has 0 spiro atoms. The topological polar surface area (TPSA) is 43.4 Å². The van der Waals surface area contributed by atoms with Crippen LogP contribution in [0.25, 0.3) is 0 Å². The Bertz CT molecular complexity index is 876. The molecule has 0 radical (unpaired) electrons. The summed E-state index contributed by atoms with van der Waals surface area (Å²) in [6.07, 6.45) is 0. The fourth-order valence-corrected chi connectivity index (χ4v) is 4.87. The van der Waals surface area contributed by atoms with E-state index >= 15 is 0 Å². The summed E-state index contributed by atoms with van der Waals surface area (Å²) >= 11 is 0. The monoisotopic (exact) mass is 402 g/mol. The highest BCUT2D eigenvalue weighted by Crippen LogP contribution is 2.36. The lowest BCUT2D eigenvalue weighted by Gasteiger charge is -2.22. The Hall–Kier alpha value is -1.81. The van der Waals surface area contributed by atoms with Crippen molar-refractivity contribution in [3.8, 4) is 5.75 Å². The van der Waals surface area contributed by atoms with Crippen LogP contribution in [-0.2, 0) is 10.1 Å². The van der Waals surface area contributed by atoms with Gasteiger partial charge in [-0.2, -0.15) is 8.42 Å². The Kier molecular flexibility index (Phi) is 6.97. The van der Waals surface area contributed by atoms with Crippen molar-refractivity contribution >= 4 is 10.1 Å². The summed E-state index contributed by atoms with van der Waals surface area (Å²) in [5, 5.41) is 0. The molecule has 0 aliphatic carbocycles. The number of hydrogen-bond donors (Lipinski definition) is 0. The molecule has 0 atom stereocenters. The largest absolute Gasteiger partial charge is 0.379 e. The van der Waals surface area contributed by atoms with Gasteiger partial charge in [0, 0.05) is 0 Å². The summed E-state index contributed by atoms with van der Waals surface area (Å²) in [4.78, 5) is 0.329. The van der Waals surface area contributed by atoms with E-state index < -0.39 is 10.1 Å². The molecule has 0 aromatic heterocycles. The van der Waals surface area contributed by atoms with Crippen molar-refractivity contribution in [3.05, 3.63) is 58.7 Å². The average Bonchev–Trinajstić information content (AvgIpc) is 2.60. The van der Waals surface area contributed by atoms with Gasteiger partial charge in [0.15, 0.2) is 0 Å². The smallest absolute Gasteiger partial charge is 0.339 e. The van der Waals surface area contributed by atoms with Crippen LogP contribution in [0.1, 0.15) is 101 Å². The Morgan fingerprint density at radius 3 is 1.43 bits per heavy atom. The lowest BCUT2D eigenvalue weighted by Crippen LogP contribution is -2.17. The van der Waals surface area contributed by atoms with Crippen LogP contribution in [0.15, 0.2) is 41.3 Å². The predicted molar refractivity (Wildman–Crippen MR) is 117 cm³/mol. The molecule has 2 aromatic rings. The normalized spacial score (nSPS) is 12.4. The number of hydrogen-bond acceptors (Lipinski definition) is 3. The molecular formula is C24H34O3S. The van der Waals surface area contributed by atoms with Crippen LogP contribution in [0.5, 0.6) is 5.75 Å². The summed E-state index contributed by atoms with van der Waals surface area (Å²) in [6, 6.07) is 11.4. The van der Waals surface area contributed by atoms with Gasteiger partial charge in [0.1, 0.15) is 10.6 Å². The minimum absolute atomic E-state index is 0.0768. The standard InChI is InChI=1S/C24H34O3S/c1-15(2)19-9-11-21(12-10-19)27-28(25,26)24-22(17(5)6)13-20(16(3)4)14-23(24)18(7)8/h9-18H,1-8H3. The molecule has 0 heterocycles. The minimum Gasteiger partial charge on any atom is -0.379 e. The van der Waals surface area contributed by atoms with Crippen molar-refractivity contribution in [3.63, 3.8) is 0 Å². The zero-order valence-corrected chi connectivity index (χ0v) is 19.2. The maximum Gasteiger partial charge on any atom is 0.339 e. The molecule has 28 heavy (non-hydrogen) atoms. The third kappa shape index (κ3) is 4.96. The highest BCUT2D eigenvalue weighted by Gasteiger charge is 2.28. The van der Waals surface area contributed by atoms with Gasteiger partial charge >= 0.3 is 10.1 Å². The van der Waals surface area contributed by atoms with E-state index in [0.717, 1.165) is 22.3 Å². The number of rotatable bonds is 7. The molecular weight excluding hydrogens is 368 g/mol. The zero-order valence-electron chi connectivity index (χ0n) is 18.4. The lowest BCUT2D eigenvalue weighted by atomic mass is 9.89. The first-order valence-electron chi connectivity index (χ1n) is 10.2. The molecule has 2 rings (SSSR count). The maximum absolute atomic E-state index is 13.3. The van der Waals surface area contributed by atoms with Gasteiger partial charge < -0.3 is 4.18 Å². The highest BCUT2D eigenvalue weighted by atomic mass is 32.2. The van der Waals surface area contributed by atoms with Gasteiger partial charge in [0.25, 0.3) is 0 Å².